The molecule has 4 heteroatoms. The molecule has 0 atom stereocenters. The van der Waals surface area contributed by atoms with E-state index in [0.29, 0.717) is 28.5 Å². The molecule has 2 aromatic carbocycles. The lowest BCUT2D eigenvalue weighted by molar-refractivity contribution is 0.112. The van der Waals surface area contributed by atoms with E-state index in [1.807, 2.05) is 19.1 Å². The quantitative estimate of drug-likeness (QED) is 0.800. The molecule has 20 heavy (non-hydrogen) atoms. The molecule has 0 aliphatic heterocycles. The summed E-state index contributed by atoms with van der Waals surface area (Å²) < 4.78 is 5.65. The van der Waals surface area contributed by atoms with Gasteiger partial charge in [0.15, 0.2) is 0 Å². The summed E-state index contributed by atoms with van der Waals surface area (Å²) >= 11 is 6.03. The zero-order chi connectivity index (χ0) is 14.5. The van der Waals surface area contributed by atoms with Crippen LogP contribution in [0.2, 0.25) is 5.02 Å². The largest absolute Gasteiger partial charge is 0.487 e. The molecular formula is C16H12ClNO2. The van der Waals surface area contributed by atoms with Crippen molar-refractivity contribution >= 4 is 17.9 Å². The first kappa shape index (κ1) is 14.1. The van der Waals surface area contributed by atoms with Crippen molar-refractivity contribution < 1.29 is 9.53 Å². The Bertz CT molecular complexity index is 689. The molecule has 0 heterocycles. The van der Waals surface area contributed by atoms with E-state index >= 15 is 0 Å². The number of hydrogen-bond acceptors (Lipinski definition) is 3. The third-order valence-corrected chi connectivity index (χ3v) is 3.24. The Kier molecular flexibility index (Phi) is 4.39. The van der Waals surface area contributed by atoms with Crippen molar-refractivity contribution in [2.75, 3.05) is 0 Å². The van der Waals surface area contributed by atoms with Gasteiger partial charge in [0.1, 0.15) is 18.6 Å². The molecule has 0 saturated heterocycles. The molecule has 0 bridgehead atoms. The summed E-state index contributed by atoms with van der Waals surface area (Å²) in [7, 11) is 0. The smallest absolute Gasteiger partial charge is 0.150 e. The molecule has 0 unspecified atom stereocenters. The number of ether oxygens (including phenoxy) is 1. The zero-order valence-electron chi connectivity index (χ0n) is 10.9. The average Bonchev–Trinajstić information content (AvgIpc) is 2.46. The van der Waals surface area contributed by atoms with Crippen LogP contribution in [-0.2, 0) is 6.61 Å². The van der Waals surface area contributed by atoms with Gasteiger partial charge in [0, 0.05) is 5.56 Å². The topological polar surface area (TPSA) is 50.1 Å². The summed E-state index contributed by atoms with van der Waals surface area (Å²) in [5.74, 6) is 0.529. The molecular weight excluding hydrogens is 274 g/mol. The van der Waals surface area contributed by atoms with Gasteiger partial charge in [-0.25, -0.2) is 0 Å². The van der Waals surface area contributed by atoms with Crippen LogP contribution in [0.5, 0.6) is 5.75 Å². The van der Waals surface area contributed by atoms with Crippen molar-refractivity contribution in [1.29, 1.82) is 5.26 Å². The Morgan fingerprint density at radius 1 is 1.30 bits per heavy atom. The van der Waals surface area contributed by atoms with Crippen LogP contribution in [0.15, 0.2) is 36.4 Å². The SMILES string of the molecule is Cc1cc(C#N)ccc1COc1ccc(C=O)cc1Cl. The fourth-order valence-electron chi connectivity index (χ4n) is 1.79. The second-order valence-corrected chi connectivity index (χ2v) is 4.76. The van der Waals surface area contributed by atoms with Gasteiger partial charge in [-0.3, -0.25) is 4.79 Å². The van der Waals surface area contributed by atoms with Gasteiger partial charge in [0.2, 0.25) is 0 Å². The Labute approximate surface area is 122 Å². The van der Waals surface area contributed by atoms with E-state index in [-0.39, 0.29) is 0 Å². The van der Waals surface area contributed by atoms with Crippen LogP contribution in [0.3, 0.4) is 0 Å². The Morgan fingerprint density at radius 2 is 2.10 bits per heavy atom. The standard InChI is InChI=1S/C16H12ClNO2/c1-11-6-12(8-18)2-4-14(11)10-20-16-5-3-13(9-19)7-15(16)17/h2-7,9H,10H2,1H3. The number of carbonyl (C=O) groups is 1. The molecule has 0 aromatic heterocycles. The second kappa shape index (κ2) is 6.23. The third-order valence-electron chi connectivity index (χ3n) is 2.95. The zero-order valence-corrected chi connectivity index (χ0v) is 11.6. The monoisotopic (exact) mass is 285 g/mol. The number of benzene rings is 2. The maximum absolute atomic E-state index is 10.6. The van der Waals surface area contributed by atoms with Gasteiger partial charge in [-0.05, 0) is 48.4 Å². The number of nitrogens with zero attached hydrogens (tertiary/aromatic N) is 1. The van der Waals surface area contributed by atoms with Gasteiger partial charge in [-0.2, -0.15) is 5.26 Å². The van der Waals surface area contributed by atoms with Gasteiger partial charge >= 0.3 is 0 Å². The molecule has 0 aliphatic rings. The summed E-state index contributed by atoms with van der Waals surface area (Å²) in [4.78, 5) is 10.6. The number of halogens is 1. The van der Waals surface area contributed by atoms with Crippen molar-refractivity contribution in [3.05, 3.63) is 63.7 Å². The summed E-state index contributed by atoms with van der Waals surface area (Å²) in [6.45, 7) is 2.29. The number of nitriles is 1. The molecule has 0 amide bonds. The maximum Gasteiger partial charge on any atom is 0.150 e. The first-order valence-corrected chi connectivity index (χ1v) is 6.39. The summed E-state index contributed by atoms with van der Waals surface area (Å²) in [5.41, 5.74) is 3.11. The van der Waals surface area contributed by atoms with Crippen molar-refractivity contribution in [2.24, 2.45) is 0 Å². The summed E-state index contributed by atoms with van der Waals surface area (Å²) in [5, 5.41) is 9.22. The van der Waals surface area contributed by atoms with Gasteiger partial charge in [0.25, 0.3) is 0 Å². The van der Waals surface area contributed by atoms with Crippen LogP contribution in [0.4, 0.5) is 0 Å². The third kappa shape index (κ3) is 3.17. The molecule has 0 radical (unpaired) electrons. The van der Waals surface area contributed by atoms with E-state index < -0.39 is 0 Å². The molecule has 0 saturated carbocycles. The maximum atomic E-state index is 10.6. The van der Waals surface area contributed by atoms with Crippen LogP contribution in [0.25, 0.3) is 0 Å². The summed E-state index contributed by atoms with van der Waals surface area (Å²) in [6, 6.07) is 12.4. The van der Waals surface area contributed by atoms with Gasteiger partial charge in [-0.1, -0.05) is 17.7 Å². The predicted molar refractivity (Wildman–Crippen MR) is 77.1 cm³/mol. The van der Waals surface area contributed by atoms with Crippen molar-refractivity contribution in [3.8, 4) is 11.8 Å². The van der Waals surface area contributed by atoms with Gasteiger partial charge < -0.3 is 4.74 Å². The van der Waals surface area contributed by atoms with Crippen LogP contribution in [0, 0.1) is 18.3 Å². The Balaban J connectivity index is 2.13. The normalized spacial score (nSPS) is 9.85. The van der Waals surface area contributed by atoms with Crippen LogP contribution in [0.1, 0.15) is 27.0 Å². The fraction of sp³-hybridized carbons (Fsp3) is 0.125. The lowest BCUT2D eigenvalue weighted by Crippen LogP contribution is -1.99. The minimum atomic E-state index is 0.359. The lowest BCUT2D eigenvalue weighted by Gasteiger charge is -2.10. The van der Waals surface area contributed by atoms with Crippen LogP contribution < -0.4 is 4.74 Å². The number of rotatable bonds is 4. The number of hydrogen-bond donors (Lipinski definition) is 0. The average molecular weight is 286 g/mol. The lowest BCUT2D eigenvalue weighted by atomic mass is 10.1. The molecule has 0 spiro atoms. The fourth-order valence-corrected chi connectivity index (χ4v) is 2.03. The van der Waals surface area contributed by atoms with E-state index in [1.54, 1.807) is 24.3 Å². The predicted octanol–water partition coefficient (Wildman–Crippen LogP) is 3.91. The highest BCUT2D eigenvalue weighted by atomic mass is 35.5. The van der Waals surface area contributed by atoms with Crippen LogP contribution in [-0.4, -0.2) is 6.29 Å². The number of carbonyl (C=O) groups excluding carboxylic acids is 1. The number of aldehydes is 1. The second-order valence-electron chi connectivity index (χ2n) is 4.35. The van der Waals surface area contributed by atoms with Crippen LogP contribution >= 0.6 is 11.6 Å². The van der Waals surface area contributed by atoms with E-state index in [1.165, 1.54) is 0 Å². The highest BCUT2D eigenvalue weighted by Gasteiger charge is 2.05. The molecule has 100 valence electrons. The molecule has 3 nitrogen and oxygen atoms in total. The molecule has 2 rings (SSSR count). The van der Waals surface area contributed by atoms with Gasteiger partial charge in [0.05, 0.1) is 16.7 Å². The molecule has 0 aliphatic carbocycles. The summed E-state index contributed by atoms with van der Waals surface area (Å²) in [6.07, 6.45) is 0.737. The van der Waals surface area contributed by atoms with Crippen molar-refractivity contribution in [2.45, 2.75) is 13.5 Å². The Hall–Kier alpha value is -2.31. The molecule has 0 fully saturated rings. The Morgan fingerprint density at radius 3 is 2.70 bits per heavy atom. The van der Waals surface area contributed by atoms with E-state index in [0.717, 1.165) is 17.4 Å². The highest BCUT2D eigenvalue weighted by Crippen LogP contribution is 2.26. The van der Waals surface area contributed by atoms with Crippen molar-refractivity contribution in [3.63, 3.8) is 0 Å². The number of aryl methyl sites for hydroxylation is 1. The van der Waals surface area contributed by atoms with E-state index in [4.69, 9.17) is 21.6 Å². The molecule has 2 aromatic rings. The molecule has 0 N–H and O–H groups in total. The first-order valence-electron chi connectivity index (χ1n) is 6.01. The minimum Gasteiger partial charge on any atom is -0.487 e. The minimum absolute atomic E-state index is 0.359. The van der Waals surface area contributed by atoms with E-state index in [9.17, 15) is 4.79 Å². The first-order chi connectivity index (χ1) is 9.63. The van der Waals surface area contributed by atoms with Crippen molar-refractivity contribution in [1.82, 2.24) is 0 Å². The van der Waals surface area contributed by atoms with E-state index in [2.05, 4.69) is 6.07 Å². The van der Waals surface area contributed by atoms with Gasteiger partial charge in [-0.15, -0.1) is 0 Å². The highest BCUT2D eigenvalue weighted by molar-refractivity contribution is 6.32.